The standard InChI is InChI=1S/C48H61N7O10S/c1-30(2)23-40(53-44(58)38(49)27-42(57)64-28-35-13-8-6-9-14-35)46(60)52-39(17-12-22-51-48(50)55-66(62,63)43-32(4)24-31(3)25-33(43)5)45(59)54-41(26-34-18-20-37(56)21-19-34)47(61)65-29-36-15-10-7-11-16-36/h6-11,13-16,18-21,24-25,30,38-41,56H,12,17,22-23,26-29,49H2,1-5H3,(H,52,60)(H,53,58)(H,54,59)(H3,50,51,55)/t38-,39+,40+,41+/m1/s1. The molecule has 66 heavy (non-hydrogen) atoms. The van der Waals surface area contributed by atoms with Crippen molar-refractivity contribution in [3.63, 3.8) is 0 Å². The number of sulfonamides is 1. The molecule has 0 aliphatic rings. The molecule has 17 nitrogen and oxygen atoms in total. The van der Waals surface area contributed by atoms with Gasteiger partial charge in [0.25, 0.3) is 10.0 Å². The second-order valence-electron chi connectivity index (χ2n) is 16.5. The highest BCUT2D eigenvalue weighted by Crippen LogP contribution is 2.21. The lowest BCUT2D eigenvalue weighted by atomic mass is 10.0. The largest absolute Gasteiger partial charge is 0.508 e. The molecule has 0 fully saturated rings. The number of esters is 2. The van der Waals surface area contributed by atoms with Crippen LogP contribution in [0.4, 0.5) is 0 Å². The number of carbonyl (C=O) groups is 5. The lowest BCUT2D eigenvalue weighted by molar-refractivity contribution is -0.149. The third-order valence-electron chi connectivity index (χ3n) is 10.2. The van der Waals surface area contributed by atoms with E-state index < -0.39 is 76.2 Å². The number of phenolic OH excluding ortho intramolecular Hbond substituents is 1. The second-order valence-corrected chi connectivity index (χ2v) is 18.1. The Labute approximate surface area is 386 Å². The summed E-state index contributed by atoms with van der Waals surface area (Å²) >= 11 is 0. The average Bonchev–Trinajstić information content (AvgIpc) is 3.25. The molecule has 0 saturated heterocycles. The number of aromatic hydroxyl groups is 1. The van der Waals surface area contributed by atoms with Crippen LogP contribution in [0.2, 0.25) is 0 Å². The zero-order chi connectivity index (χ0) is 48.4. The van der Waals surface area contributed by atoms with Crippen molar-refractivity contribution in [2.75, 3.05) is 6.54 Å². The maximum atomic E-state index is 14.2. The summed E-state index contributed by atoms with van der Waals surface area (Å²) in [7, 11) is -4.10. The quantitative estimate of drug-likeness (QED) is 0.0243. The number of guanidine groups is 1. The van der Waals surface area contributed by atoms with E-state index in [4.69, 9.17) is 20.9 Å². The van der Waals surface area contributed by atoms with E-state index in [-0.39, 0.29) is 62.0 Å². The van der Waals surface area contributed by atoms with Gasteiger partial charge in [-0.15, -0.1) is 0 Å². The minimum absolute atomic E-state index is 0.00257. The number of nitrogens with zero attached hydrogens (tertiary/aromatic N) is 1. The molecular formula is C48H61N7O10S. The van der Waals surface area contributed by atoms with Crippen molar-refractivity contribution in [1.82, 2.24) is 20.7 Å². The predicted octanol–water partition coefficient (Wildman–Crippen LogP) is 3.64. The molecule has 0 radical (unpaired) electrons. The van der Waals surface area contributed by atoms with Gasteiger partial charge in [0.15, 0.2) is 0 Å². The molecule has 0 aliphatic heterocycles. The zero-order valence-corrected chi connectivity index (χ0v) is 38.7. The Hall–Kier alpha value is -6.79. The predicted molar refractivity (Wildman–Crippen MR) is 249 cm³/mol. The molecule has 0 spiro atoms. The molecule has 0 unspecified atom stereocenters. The van der Waals surface area contributed by atoms with Gasteiger partial charge in [-0.05, 0) is 85.9 Å². The van der Waals surface area contributed by atoms with Gasteiger partial charge in [0.1, 0.15) is 37.1 Å². The van der Waals surface area contributed by atoms with Crippen LogP contribution in [-0.2, 0) is 63.1 Å². The first-order chi connectivity index (χ1) is 31.3. The van der Waals surface area contributed by atoms with Crippen LogP contribution in [-0.4, -0.2) is 79.9 Å². The van der Waals surface area contributed by atoms with Crippen LogP contribution in [0, 0.1) is 26.7 Å². The first kappa shape index (κ1) is 51.8. The monoisotopic (exact) mass is 927 g/mol. The lowest BCUT2D eigenvalue weighted by Crippen LogP contribution is -2.57. The van der Waals surface area contributed by atoms with Gasteiger partial charge in [-0.3, -0.25) is 24.2 Å². The highest BCUT2D eigenvalue weighted by atomic mass is 32.2. The number of amides is 3. The summed E-state index contributed by atoms with van der Waals surface area (Å²) < 4.78 is 39.8. The van der Waals surface area contributed by atoms with Crippen LogP contribution >= 0.6 is 0 Å². The minimum atomic E-state index is -4.10. The third kappa shape index (κ3) is 17.0. The summed E-state index contributed by atoms with van der Waals surface area (Å²) in [6.07, 6.45) is -0.391. The molecule has 3 amide bonds. The Morgan fingerprint density at radius 1 is 0.712 bits per heavy atom. The Morgan fingerprint density at radius 2 is 1.24 bits per heavy atom. The van der Waals surface area contributed by atoms with E-state index in [1.54, 1.807) is 86.6 Å². The molecule has 4 aromatic rings. The molecule has 0 aromatic heterocycles. The fourth-order valence-corrected chi connectivity index (χ4v) is 8.47. The van der Waals surface area contributed by atoms with Gasteiger partial charge in [-0.2, -0.15) is 0 Å². The molecule has 0 bridgehead atoms. The number of aliphatic imine (C=N–C) groups is 1. The maximum absolute atomic E-state index is 14.2. The van der Waals surface area contributed by atoms with E-state index >= 15 is 0 Å². The Kier molecular flexibility index (Phi) is 19.7. The van der Waals surface area contributed by atoms with Gasteiger partial charge in [-0.25, -0.2) is 17.9 Å². The fraction of sp³-hybridized carbons (Fsp3) is 0.375. The minimum Gasteiger partial charge on any atom is -0.508 e. The number of hydrogen-bond acceptors (Lipinski definition) is 12. The van der Waals surface area contributed by atoms with Crippen molar-refractivity contribution in [3.8, 4) is 5.75 Å². The van der Waals surface area contributed by atoms with Gasteiger partial charge < -0.3 is 42.0 Å². The molecule has 18 heteroatoms. The van der Waals surface area contributed by atoms with E-state index in [2.05, 4.69) is 25.7 Å². The van der Waals surface area contributed by atoms with Crippen LogP contribution in [0.15, 0.2) is 107 Å². The number of hydrogen-bond donors (Lipinski definition) is 7. The number of nitrogens with two attached hydrogens (primary N) is 2. The first-order valence-electron chi connectivity index (χ1n) is 21.6. The number of benzene rings is 4. The number of aryl methyl sites for hydroxylation is 3. The summed E-state index contributed by atoms with van der Waals surface area (Å²) in [5.41, 5.74) is 16.1. The normalized spacial score (nSPS) is 13.4. The highest BCUT2D eigenvalue weighted by molar-refractivity contribution is 7.90. The third-order valence-corrected chi connectivity index (χ3v) is 11.8. The number of phenols is 1. The maximum Gasteiger partial charge on any atom is 0.329 e. The number of rotatable bonds is 23. The summed E-state index contributed by atoms with van der Waals surface area (Å²) in [4.78, 5) is 72.1. The Balaban J connectivity index is 1.53. The van der Waals surface area contributed by atoms with Gasteiger partial charge in [0.05, 0.1) is 17.4 Å². The molecule has 0 aliphatic carbocycles. The van der Waals surface area contributed by atoms with Crippen LogP contribution in [0.5, 0.6) is 5.75 Å². The molecule has 0 saturated carbocycles. The topological polar surface area (TPSA) is 271 Å². The average molecular weight is 928 g/mol. The number of nitrogens with one attached hydrogen (secondary N) is 4. The van der Waals surface area contributed by atoms with E-state index in [0.717, 1.165) is 11.1 Å². The summed E-state index contributed by atoms with van der Waals surface area (Å²) in [6.45, 7) is 8.67. The fourth-order valence-electron chi connectivity index (χ4n) is 7.06. The van der Waals surface area contributed by atoms with Crippen LogP contribution in [0.25, 0.3) is 0 Å². The summed E-state index contributed by atoms with van der Waals surface area (Å²) in [6, 6.07) is 22.2. The van der Waals surface area contributed by atoms with Crippen LogP contribution in [0.1, 0.15) is 72.9 Å². The number of carbonyl (C=O) groups excluding carboxylic acids is 5. The van der Waals surface area contributed by atoms with E-state index in [1.165, 1.54) is 12.1 Å². The zero-order valence-electron chi connectivity index (χ0n) is 37.9. The van der Waals surface area contributed by atoms with Crippen molar-refractivity contribution in [1.29, 1.82) is 0 Å². The highest BCUT2D eigenvalue weighted by Gasteiger charge is 2.32. The van der Waals surface area contributed by atoms with Crippen LogP contribution in [0.3, 0.4) is 0 Å². The van der Waals surface area contributed by atoms with Crippen molar-refractivity contribution < 1.29 is 47.0 Å². The molecular weight excluding hydrogens is 867 g/mol. The van der Waals surface area contributed by atoms with E-state index in [0.29, 0.717) is 22.3 Å². The first-order valence-corrected chi connectivity index (χ1v) is 23.0. The summed E-state index contributed by atoms with van der Waals surface area (Å²) in [5.74, 6) is -4.35. The smallest absolute Gasteiger partial charge is 0.329 e. The molecule has 4 rings (SSSR count). The van der Waals surface area contributed by atoms with E-state index in [9.17, 15) is 37.5 Å². The van der Waals surface area contributed by atoms with Gasteiger partial charge >= 0.3 is 11.9 Å². The molecule has 0 heterocycles. The molecule has 354 valence electrons. The second kappa shape index (κ2) is 25.1. The van der Waals surface area contributed by atoms with Crippen molar-refractivity contribution >= 4 is 45.6 Å². The van der Waals surface area contributed by atoms with Crippen LogP contribution < -0.4 is 32.1 Å². The Bertz CT molecular complexity index is 2390. The van der Waals surface area contributed by atoms with E-state index in [1.807, 2.05) is 32.9 Å². The SMILES string of the molecule is Cc1cc(C)c(S(=O)(=O)NC(N)=NCCC[C@H](NC(=O)[C@H](CC(C)C)NC(=O)[C@H](N)CC(=O)OCc2ccccc2)C(=O)N[C@@H](Cc2ccc(O)cc2)C(=O)OCc2ccccc2)c(C)c1. The van der Waals surface area contributed by atoms with Gasteiger partial charge in [0.2, 0.25) is 23.7 Å². The number of ether oxygens (including phenoxy) is 2. The molecule has 4 atom stereocenters. The lowest BCUT2D eigenvalue weighted by Gasteiger charge is -2.26. The van der Waals surface area contributed by atoms with Gasteiger partial charge in [-0.1, -0.05) is 104 Å². The van der Waals surface area contributed by atoms with Gasteiger partial charge in [0, 0.05) is 13.0 Å². The van der Waals surface area contributed by atoms with Crippen molar-refractivity contribution in [3.05, 3.63) is 130 Å². The van der Waals surface area contributed by atoms with Crippen molar-refractivity contribution in [2.45, 2.75) is 109 Å². The molecule has 9 N–H and O–H groups in total. The van der Waals surface area contributed by atoms with Crippen molar-refractivity contribution in [2.24, 2.45) is 22.4 Å². The molecule has 4 aromatic carbocycles. The summed E-state index contributed by atoms with van der Waals surface area (Å²) in [5, 5.41) is 17.9. The Morgan fingerprint density at radius 3 is 1.82 bits per heavy atom.